The second-order valence-corrected chi connectivity index (χ2v) is 6.93. The van der Waals surface area contributed by atoms with Gasteiger partial charge in [-0.25, -0.2) is 0 Å². The monoisotopic (exact) mass is 418 g/mol. The lowest BCUT2D eigenvalue weighted by atomic mass is 10.1. The van der Waals surface area contributed by atoms with Crippen molar-refractivity contribution >= 4 is 23.2 Å². The first-order valence-electron chi connectivity index (χ1n) is 10.1. The molecule has 3 aromatic carbocycles. The highest BCUT2D eigenvalue weighted by Gasteiger charge is 2.09. The van der Waals surface area contributed by atoms with E-state index in [-0.39, 0.29) is 11.8 Å². The molecule has 2 N–H and O–H groups in total. The van der Waals surface area contributed by atoms with E-state index in [1.807, 2.05) is 32.0 Å². The van der Waals surface area contributed by atoms with Gasteiger partial charge in [0.2, 0.25) is 0 Å². The zero-order valence-corrected chi connectivity index (χ0v) is 17.7. The van der Waals surface area contributed by atoms with Crippen LogP contribution >= 0.6 is 0 Å². The molecule has 0 saturated carbocycles. The summed E-state index contributed by atoms with van der Waals surface area (Å²) in [6, 6.07) is 21.4. The number of amides is 2. The number of benzene rings is 3. The molecule has 0 atom stereocenters. The van der Waals surface area contributed by atoms with Crippen LogP contribution in [0.2, 0.25) is 0 Å². The van der Waals surface area contributed by atoms with Crippen molar-refractivity contribution in [3.8, 4) is 5.75 Å². The molecule has 6 nitrogen and oxygen atoms in total. The van der Waals surface area contributed by atoms with Crippen LogP contribution in [0.4, 0.5) is 11.4 Å². The molecule has 0 aliphatic carbocycles. The van der Waals surface area contributed by atoms with Crippen molar-refractivity contribution in [1.29, 1.82) is 0 Å². The number of ether oxygens (including phenoxy) is 2. The predicted molar refractivity (Wildman–Crippen MR) is 122 cm³/mol. The van der Waals surface area contributed by atoms with Gasteiger partial charge < -0.3 is 20.1 Å². The average molecular weight is 418 g/mol. The molecule has 3 aromatic rings. The number of carbonyl (C=O) groups excluding carboxylic acids is 2. The lowest BCUT2D eigenvalue weighted by Gasteiger charge is -2.10. The second-order valence-electron chi connectivity index (χ2n) is 6.93. The molecule has 160 valence electrons. The molecule has 31 heavy (non-hydrogen) atoms. The SMILES string of the molecule is CCOCCOc1cccc(C(=O)Nc2ccc(NC(=O)c3cccc(C)c3)cc2)c1. The van der Waals surface area contributed by atoms with Gasteiger partial charge in [0, 0.05) is 29.1 Å². The fraction of sp³-hybridized carbons (Fsp3) is 0.200. The van der Waals surface area contributed by atoms with Crippen LogP contribution in [0.15, 0.2) is 72.8 Å². The summed E-state index contributed by atoms with van der Waals surface area (Å²) in [5.41, 5.74) is 3.39. The second kappa shape index (κ2) is 10.9. The zero-order valence-electron chi connectivity index (χ0n) is 17.7. The molecule has 0 heterocycles. The minimum atomic E-state index is -0.244. The van der Waals surface area contributed by atoms with Crippen molar-refractivity contribution in [2.75, 3.05) is 30.5 Å². The first-order valence-corrected chi connectivity index (χ1v) is 10.1. The highest BCUT2D eigenvalue weighted by atomic mass is 16.5. The van der Waals surface area contributed by atoms with Crippen LogP contribution in [-0.4, -0.2) is 31.6 Å². The molecule has 3 rings (SSSR count). The van der Waals surface area contributed by atoms with Gasteiger partial charge in [0.1, 0.15) is 12.4 Å². The summed E-state index contributed by atoms with van der Waals surface area (Å²) in [6.07, 6.45) is 0. The summed E-state index contributed by atoms with van der Waals surface area (Å²) >= 11 is 0. The topological polar surface area (TPSA) is 76.7 Å². The number of anilines is 2. The molecule has 0 radical (unpaired) electrons. The van der Waals surface area contributed by atoms with Gasteiger partial charge in [-0.05, 0) is 68.4 Å². The summed E-state index contributed by atoms with van der Waals surface area (Å²) < 4.78 is 10.8. The molecular weight excluding hydrogens is 392 g/mol. The minimum absolute atomic E-state index is 0.179. The Balaban J connectivity index is 1.57. The number of hydrogen-bond donors (Lipinski definition) is 2. The van der Waals surface area contributed by atoms with E-state index >= 15 is 0 Å². The molecule has 2 amide bonds. The quantitative estimate of drug-likeness (QED) is 0.484. The summed E-state index contributed by atoms with van der Waals surface area (Å²) in [7, 11) is 0. The van der Waals surface area contributed by atoms with E-state index in [9.17, 15) is 9.59 Å². The third kappa shape index (κ3) is 6.69. The Morgan fingerprint density at radius 2 is 1.35 bits per heavy atom. The van der Waals surface area contributed by atoms with Crippen molar-refractivity contribution in [3.05, 3.63) is 89.5 Å². The Morgan fingerprint density at radius 3 is 1.94 bits per heavy atom. The van der Waals surface area contributed by atoms with Gasteiger partial charge in [-0.2, -0.15) is 0 Å². The van der Waals surface area contributed by atoms with E-state index in [0.717, 1.165) is 5.56 Å². The van der Waals surface area contributed by atoms with Crippen LogP contribution in [0.25, 0.3) is 0 Å². The first kappa shape index (κ1) is 22.1. The van der Waals surface area contributed by atoms with Crippen LogP contribution in [-0.2, 0) is 4.74 Å². The average Bonchev–Trinajstić information content (AvgIpc) is 2.78. The van der Waals surface area contributed by atoms with Gasteiger partial charge >= 0.3 is 0 Å². The molecular formula is C25H26N2O4. The summed E-state index contributed by atoms with van der Waals surface area (Å²) in [4.78, 5) is 24.9. The number of rotatable bonds is 9. The van der Waals surface area contributed by atoms with E-state index in [1.165, 1.54) is 0 Å². The highest BCUT2D eigenvalue weighted by molar-refractivity contribution is 6.06. The van der Waals surface area contributed by atoms with E-state index in [4.69, 9.17) is 9.47 Å². The molecule has 0 aliphatic rings. The molecule has 6 heteroatoms. The Labute approximate surface area is 182 Å². The third-order valence-corrected chi connectivity index (χ3v) is 4.48. The molecule has 0 unspecified atom stereocenters. The number of carbonyl (C=O) groups is 2. The lowest BCUT2D eigenvalue weighted by Crippen LogP contribution is -2.13. The van der Waals surface area contributed by atoms with Crippen LogP contribution in [0.1, 0.15) is 33.2 Å². The first-order chi connectivity index (χ1) is 15.0. The van der Waals surface area contributed by atoms with Gasteiger partial charge in [-0.3, -0.25) is 9.59 Å². The Bertz CT molecular complexity index is 1030. The molecule has 0 bridgehead atoms. The maximum Gasteiger partial charge on any atom is 0.255 e. The predicted octanol–water partition coefficient (Wildman–Crippen LogP) is 4.91. The van der Waals surface area contributed by atoms with Crippen LogP contribution in [0.3, 0.4) is 0 Å². The number of aryl methyl sites for hydroxylation is 1. The summed E-state index contributed by atoms with van der Waals surface area (Å²) in [6.45, 7) is 5.43. The van der Waals surface area contributed by atoms with E-state index in [2.05, 4.69) is 10.6 Å². The van der Waals surface area contributed by atoms with Crippen LogP contribution in [0, 0.1) is 6.92 Å². The highest BCUT2D eigenvalue weighted by Crippen LogP contribution is 2.18. The standard InChI is InChI=1S/C25H26N2O4/c1-3-30-14-15-31-23-9-5-8-20(17-23)25(29)27-22-12-10-21(11-13-22)26-24(28)19-7-4-6-18(2)16-19/h4-13,16-17H,3,14-15H2,1-2H3,(H,26,28)(H,27,29). The molecule has 0 aliphatic heterocycles. The Kier molecular flexibility index (Phi) is 7.79. The van der Waals surface area contributed by atoms with Crippen molar-refractivity contribution in [2.45, 2.75) is 13.8 Å². The normalized spacial score (nSPS) is 10.4. The van der Waals surface area contributed by atoms with Crippen molar-refractivity contribution in [2.24, 2.45) is 0 Å². The van der Waals surface area contributed by atoms with Crippen LogP contribution in [0.5, 0.6) is 5.75 Å². The fourth-order valence-electron chi connectivity index (χ4n) is 2.92. The van der Waals surface area contributed by atoms with Crippen molar-refractivity contribution < 1.29 is 19.1 Å². The maximum atomic E-state index is 12.6. The van der Waals surface area contributed by atoms with Crippen molar-refractivity contribution in [1.82, 2.24) is 0 Å². The number of nitrogens with one attached hydrogen (secondary N) is 2. The zero-order chi connectivity index (χ0) is 22.1. The fourth-order valence-corrected chi connectivity index (χ4v) is 2.92. The maximum absolute atomic E-state index is 12.6. The third-order valence-electron chi connectivity index (χ3n) is 4.48. The molecule has 0 spiro atoms. The van der Waals surface area contributed by atoms with E-state index in [1.54, 1.807) is 54.6 Å². The van der Waals surface area contributed by atoms with Gasteiger partial charge in [-0.15, -0.1) is 0 Å². The smallest absolute Gasteiger partial charge is 0.255 e. The number of hydrogen-bond acceptors (Lipinski definition) is 4. The largest absolute Gasteiger partial charge is 0.491 e. The Morgan fingerprint density at radius 1 is 0.774 bits per heavy atom. The van der Waals surface area contributed by atoms with Crippen molar-refractivity contribution in [3.63, 3.8) is 0 Å². The van der Waals surface area contributed by atoms with E-state index < -0.39 is 0 Å². The summed E-state index contributed by atoms with van der Waals surface area (Å²) in [5, 5.41) is 5.70. The van der Waals surface area contributed by atoms with Gasteiger partial charge in [0.05, 0.1) is 6.61 Å². The molecule has 0 aromatic heterocycles. The molecule has 0 saturated heterocycles. The lowest BCUT2D eigenvalue weighted by molar-refractivity contribution is 0.101. The Hall–Kier alpha value is -3.64. The minimum Gasteiger partial charge on any atom is -0.491 e. The van der Waals surface area contributed by atoms with E-state index in [0.29, 0.717) is 48.1 Å². The summed E-state index contributed by atoms with van der Waals surface area (Å²) in [5.74, 6) is 0.190. The molecule has 0 fully saturated rings. The van der Waals surface area contributed by atoms with Gasteiger partial charge in [0.25, 0.3) is 11.8 Å². The van der Waals surface area contributed by atoms with Gasteiger partial charge in [0.15, 0.2) is 0 Å². The van der Waals surface area contributed by atoms with Crippen LogP contribution < -0.4 is 15.4 Å². The van der Waals surface area contributed by atoms with Gasteiger partial charge in [-0.1, -0.05) is 23.8 Å².